The molecule has 0 aliphatic carbocycles. The molecule has 1 aromatic heterocycles. The van der Waals surface area contributed by atoms with E-state index in [-0.39, 0.29) is 22.0 Å². The van der Waals surface area contributed by atoms with Gasteiger partial charge in [-0.1, -0.05) is 48.5 Å². The Morgan fingerprint density at radius 1 is 0.933 bits per heavy atom. The largest absolute Gasteiger partial charge is 0.443 e. The van der Waals surface area contributed by atoms with Crippen LogP contribution >= 0.6 is 0 Å². The summed E-state index contributed by atoms with van der Waals surface area (Å²) in [5.41, 5.74) is -1.84. The number of carbonyl (C=O) groups is 2. The first-order valence-electron chi connectivity index (χ1n) is 9.19. The van der Waals surface area contributed by atoms with Gasteiger partial charge in [0.05, 0.1) is 11.1 Å². The molecular formula is C23H20F3NO3. The molecule has 0 radical (unpaired) electrons. The number of ether oxygens (including phenoxy) is 1. The third kappa shape index (κ3) is 4.62. The van der Waals surface area contributed by atoms with Gasteiger partial charge < -0.3 is 4.74 Å². The molecule has 0 saturated heterocycles. The second-order valence-corrected chi connectivity index (χ2v) is 7.70. The van der Waals surface area contributed by atoms with Crippen LogP contribution in [-0.4, -0.2) is 28.2 Å². The molecule has 3 rings (SSSR count). The fraction of sp³-hybridized carbons (Fsp3) is 0.217. The van der Waals surface area contributed by atoms with Gasteiger partial charge in [0.15, 0.2) is 5.78 Å². The van der Waals surface area contributed by atoms with Crippen molar-refractivity contribution in [3.8, 4) is 0 Å². The van der Waals surface area contributed by atoms with Crippen LogP contribution in [-0.2, 0) is 4.74 Å². The summed E-state index contributed by atoms with van der Waals surface area (Å²) in [5.74, 6) is -0.781. The molecule has 0 saturated carbocycles. The van der Waals surface area contributed by atoms with E-state index >= 15 is 0 Å². The first kappa shape index (κ1) is 21.4. The molecule has 0 atom stereocenters. The van der Waals surface area contributed by atoms with Gasteiger partial charge in [0, 0.05) is 22.7 Å². The number of para-hydroxylation sites is 1. The van der Waals surface area contributed by atoms with E-state index in [9.17, 15) is 22.8 Å². The minimum Gasteiger partial charge on any atom is -0.443 e. The highest BCUT2D eigenvalue weighted by molar-refractivity contribution is 6.11. The van der Waals surface area contributed by atoms with Crippen LogP contribution in [0.1, 0.15) is 36.7 Å². The van der Waals surface area contributed by atoms with Crippen LogP contribution in [0.4, 0.5) is 18.0 Å². The summed E-state index contributed by atoms with van der Waals surface area (Å²) in [7, 11) is 0. The second kappa shape index (κ2) is 7.82. The molecule has 1 heterocycles. The Morgan fingerprint density at radius 2 is 1.53 bits per heavy atom. The van der Waals surface area contributed by atoms with Crippen LogP contribution in [0.15, 0.2) is 66.9 Å². The van der Waals surface area contributed by atoms with Crippen molar-refractivity contribution < 1.29 is 27.5 Å². The quantitative estimate of drug-likeness (QED) is 0.375. The van der Waals surface area contributed by atoms with Crippen LogP contribution in [0, 0.1) is 0 Å². The van der Waals surface area contributed by atoms with Gasteiger partial charge in [0.2, 0.25) is 0 Å². The van der Waals surface area contributed by atoms with Crippen molar-refractivity contribution in [2.24, 2.45) is 0 Å². The summed E-state index contributed by atoms with van der Waals surface area (Å²) in [6, 6.07) is 13.9. The van der Waals surface area contributed by atoms with Crippen molar-refractivity contribution in [3.05, 3.63) is 78.0 Å². The predicted molar refractivity (Wildman–Crippen MR) is 108 cm³/mol. The number of nitrogens with zero attached hydrogens (tertiary/aromatic N) is 1. The average molecular weight is 415 g/mol. The summed E-state index contributed by atoms with van der Waals surface area (Å²) >= 11 is 0. The van der Waals surface area contributed by atoms with Gasteiger partial charge in [-0.15, -0.1) is 0 Å². The number of hydrogen-bond acceptors (Lipinski definition) is 3. The lowest BCUT2D eigenvalue weighted by atomic mass is 10.0. The third-order valence-electron chi connectivity index (χ3n) is 4.23. The second-order valence-electron chi connectivity index (χ2n) is 7.70. The first-order valence-corrected chi connectivity index (χ1v) is 9.19. The Labute approximate surface area is 171 Å². The molecule has 156 valence electrons. The number of carbonyl (C=O) groups excluding carboxylic acids is 2. The number of allylic oxidation sites excluding steroid dienone is 2. The minimum absolute atomic E-state index is 0.134. The maximum Gasteiger partial charge on any atom is 0.419 e. The number of hydrogen-bond donors (Lipinski definition) is 0. The van der Waals surface area contributed by atoms with Crippen molar-refractivity contribution in [1.29, 1.82) is 0 Å². The third-order valence-corrected chi connectivity index (χ3v) is 4.23. The van der Waals surface area contributed by atoms with Crippen LogP contribution in [0.5, 0.6) is 0 Å². The predicted octanol–water partition coefficient (Wildman–Crippen LogP) is 6.25. The number of alkyl halides is 3. The van der Waals surface area contributed by atoms with Crippen LogP contribution in [0.25, 0.3) is 16.5 Å². The van der Waals surface area contributed by atoms with Crippen molar-refractivity contribution in [1.82, 2.24) is 4.57 Å². The molecule has 4 nitrogen and oxygen atoms in total. The lowest BCUT2D eigenvalue weighted by Crippen LogP contribution is -2.26. The Bertz CT molecular complexity index is 1120. The van der Waals surface area contributed by atoms with E-state index in [4.69, 9.17) is 4.74 Å². The molecule has 0 aliphatic rings. The molecule has 0 amide bonds. The summed E-state index contributed by atoms with van der Waals surface area (Å²) in [6.45, 7) is 4.99. The summed E-state index contributed by atoms with van der Waals surface area (Å²) < 4.78 is 48.2. The lowest BCUT2D eigenvalue weighted by Gasteiger charge is -2.19. The zero-order valence-corrected chi connectivity index (χ0v) is 16.7. The van der Waals surface area contributed by atoms with Gasteiger partial charge in [-0.3, -0.25) is 9.36 Å². The van der Waals surface area contributed by atoms with Crippen molar-refractivity contribution in [2.75, 3.05) is 0 Å². The van der Waals surface area contributed by atoms with Crippen molar-refractivity contribution in [2.45, 2.75) is 32.5 Å². The number of ketones is 1. The molecule has 0 unspecified atom stereocenters. The number of halogens is 3. The van der Waals surface area contributed by atoms with E-state index in [1.807, 2.05) is 0 Å². The maximum absolute atomic E-state index is 13.9. The van der Waals surface area contributed by atoms with Gasteiger partial charge in [0.1, 0.15) is 5.60 Å². The Balaban J connectivity index is 2.18. The van der Waals surface area contributed by atoms with E-state index in [0.717, 1.165) is 10.8 Å². The first-order chi connectivity index (χ1) is 14.0. The molecule has 0 bridgehead atoms. The molecule has 7 heteroatoms. The van der Waals surface area contributed by atoms with Gasteiger partial charge in [-0.05, 0) is 32.9 Å². The van der Waals surface area contributed by atoms with E-state index in [0.29, 0.717) is 6.08 Å². The van der Waals surface area contributed by atoms with E-state index < -0.39 is 29.2 Å². The zero-order valence-electron chi connectivity index (χ0n) is 16.7. The van der Waals surface area contributed by atoms with E-state index in [2.05, 4.69) is 0 Å². The van der Waals surface area contributed by atoms with Gasteiger partial charge in [0.25, 0.3) is 0 Å². The van der Waals surface area contributed by atoms with Crippen LogP contribution in [0.2, 0.25) is 0 Å². The highest BCUT2D eigenvalue weighted by Gasteiger charge is 2.37. The van der Waals surface area contributed by atoms with Crippen LogP contribution < -0.4 is 0 Å². The SMILES string of the molecule is CC(C)(C)OC(=O)n1cc(/C(=C/C(=O)c2ccccc2)C(F)(F)F)c2ccccc21. The molecule has 2 aromatic carbocycles. The number of rotatable bonds is 3. The highest BCUT2D eigenvalue weighted by atomic mass is 19.4. The summed E-state index contributed by atoms with van der Waals surface area (Å²) in [4.78, 5) is 25.0. The lowest BCUT2D eigenvalue weighted by molar-refractivity contribution is -0.0689. The van der Waals surface area contributed by atoms with Crippen molar-refractivity contribution in [3.63, 3.8) is 0 Å². The Kier molecular flexibility index (Phi) is 5.57. The Hall–Kier alpha value is -3.35. The van der Waals surface area contributed by atoms with E-state index in [1.165, 1.54) is 24.3 Å². The monoisotopic (exact) mass is 415 g/mol. The Morgan fingerprint density at radius 3 is 2.13 bits per heavy atom. The van der Waals surface area contributed by atoms with Gasteiger partial charge in [-0.2, -0.15) is 13.2 Å². The fourth-order valence-corrected chi connectivity index (χ4v) is 2.99. The van der Waals surface area contributed by atoms with Gasteiger partial charge in [-0.25, -0.2) is 4.79 Å². The van der Waals surface area contributed by atoms with Crippen molar-refractivity contribution >= 4 is 28.4 Å². The average Bonchev–Trinajstić information content (AvgIpc) is 3.04. The molecule has 0 spiro atoms. The molecule has 0 fully saturated rings. The highest BCUT2D eigenvalue weighted by Crippen LogP contribution is 2.38. The number of fused-ring (bicyclic) bond motifs is 1. The number of benzene rings is 2. The molecule has 0 aliphatic heterocycles. The molecule has 30 heavy (non-hydrogen) atoms. The standard InChI is InChI=1S/C23H20F3NO3/c1-22(2,3)30-21(29)27-14-17(16-11-7-8-12-19(16)27)18(23(24,25)26)13-20(28)15-9-5-4-6-10-15/h4-14H,1-3H3/b18-13-. The summed E-state index contributed by atoms with van der Waals surface area (Å²) in [5, 5.41) is 0.188. The normalized spacial score (nSPS) is 12.8. The van der Waals surface area contributed by atoms with Crippen LogP contribution in [0.3, 0.4) is 0 Å². The fourth-order valence-electron chi connectivity index (χ4n) is 2.99. The molecule has 3 aromatic rings. The molecule has 0 N–H and O–H groups in total. The zero-order chi connectivity index (χ0) is 22.1. The minimum atomic E-state index is -4.81. The smallest absolute Gasteiger partial charge is 0.419 e. The maximum atomic E-state index is 13.9. The topological polar surface area (TPSA) is 48.3 Å². The van der Waals surface area contributed by atoms with Gasteiger partial charge >= 0.3 is 12.3 Å². The van der Waals surface area contributed by atoms with E-state index in [1.54, 1.807) is 51.1 Å². The molecular weight excluding hydrogens is 395 g/mol. The number of aromatic nitrogens is 1. The summed E-state index contributed by atoms with van der Waals surface area (Å²) in [6.07, 6.45) is -3.99.